The Morgan fingerprint density at radius 2 is 2.10 bits per heavy atom. The molecule has 0 saturated heterocycles. The van der Waals surface area contributed by atoms with Crippen LogP contribution in [-0.2, 0) is 14.9 Å². The van der Waals surface area contributed by atoms with Crippen molar-refractivity contribution in [1.29, 1.82) is 10.5 Å². The fourth-order valence-electron chi connectivity index (χ4n) is 2.77. The number of ether oxygens (including phenoxy) is 1. The molecule has 0 amide bonds. The number of methoxy groups -OCH3 is 1. The molecule has 2 rings (SSSR count). The summed E-state index contributed by atoms with van der Waals surface area (Å²) in [5.74, 6) is -1.72. The molecule has 1 aliphatic rings. The molecule has 1 aliphatic carbocycles. The van der Waals surface area contributed by atoms with E-state index in [1.54, 1.807) is 16.9 Å². The van der Waals surface area contributed by atoms with Crippen LogP contribution in [0.5, 0.6) is 0 Å². The molecule has 1 heterocycles. The summed E-state index contributed by atoms with van der Waals surface area (Å²) < 4.78 is 6.66. The van der Waals surface area contributed by atoms with Gasteiger partial charge in [0.05, 0.1) is 24.9 Å². The summed E-state index contributed by atoms with van der Waals surface area (Å²) in [6.45, 7) is 3.94. The second-order valence-corrected chi connectivity index (χ2v) is 5.60. The van der Waals surface area contributed by atoms with Gasteiger partial charge in [-0.2, -0.15) is 15.6 Å². The monoisotopic (exact) mass is 286 g/mol. The van der Waals surface area contributed by atoms with Gasteiger partial charge in [0.25, 0.3) is 0 Å². The normalized spacial score (nSPS) is 17.1. The summed E-state index contributed by atoms with van der Waals surface area (Å²) in [6, 6.07) is 5.76. The minimum absolute atomic E-state index is 0.0650. The summed E-state index contributed by atoms with van der Waals surface area (Å²) in [5, 5.41) is 23.1. The van der Waals surface area contributed by atoms with Gasteiger partial charge < -0.3 is 4.74 Å². The Labute approximate surface area is 123 Å². The van der Waals surface area contributed by atoms with E-state index in [0.717, 1.165) is 12.8 Å². The van der Waals surface area contributed by atoms with Crippen LogP contribution in [0.1, 0.15) is 38.4 Å². The lowest BCUT2D eigenvalue weighted by Gasteiger charge is -2.30. The fourth-order valence-corrected chi connectivity index (χ4v) is 2.77. The molecule has 0 radical (unpaired) electrons. The van der Waals surface area contributed by atoms with Gasteiger partial charge >= 0.3 is 5.97 Å². The van der Waals surface area contributed by atoms with Crippen molar-refractivity contribution in [3.63, 3.8) is 0 Å². The van der Waals surface area contributed by atoms with Crippen LogP contribution < -0.4 is 0 Å². The van der Waals surface area contributed by atoms with E-state index < -0.39 is 17.3 Å². The minimum Gasteiger partial charge on any atom is -0.468 e. The smallest absolute Gasteiger partial charge is 0.320 e. The summed E-state index contributed by atoms with van der Waals surface area (Å²) in [4.78, 5) is 12.5. The molecule has 1 aromatic rings. The van der Waals surface area contributed by atoms with Crippen LogP contribution in [-0.4, -0.2) is 22.9 Å². The molecule has 0 aliphatic heterocycles. The average molecular weight is 286 g/mol. The first kappa shape index (κ1) is 15.1. The van der Waals surface area contributed by atoms with Crippen molar-refractivity contribution in [3.8, 4) is 12.1 Å². The maximum absolute atomic E-state index is 12.5. The number of hydrogen-bond donors (Lipinski definition) is 0. The molecular formula is C15H18N4O2. The number of nitriles is 2. The highest BCUT2D eigenvalue weighted by atomic mass is 16.5. The number of esters is 1. The number of carbonyl (C=O) groups is 1. The molecule has 1 atom stereocenters. The van der Waals surface area contributed by atoms with Crippen molar-refractivity contribution >= 4 is 5.97 Å². The standard InChI is InChI=1S/C15H18N4O2/c1-10(2)19-7-6-13(18-19)15(11-4-5-11,14(20)21-3)12(8-16)9-17/h6-7,10-12H,4-5H2,1-3H3. The predicted molar refractivity (Wildman–Crippen MR) is 73.7 cm³/mol. The summed E-state index contributed by atoms with van der Waals surface area (Å²) in [5.41, 5.74) is -0.822. The topological polar surface area (TPSA) is 91.7 Å². The summed E-state index contributed by atoms with van der Waals surface area (Å²) in [6.07, 6.45) is 3.36. The van der Waals surface area contributed by atoms with Crippen LogP contribution in [0, 0.1) is 34.5 Å². The van der Waals surface area contributed by atoms with Crippen LogP contribution in [0.4, 0.5) is 0 Å². The van der Waals surface area contributed by atoms with Crippen molar-refractivity contribution in [3.05, 3.63) is 18.0 Å². The zero-order valence-corrected chi connectivity index (χ0v) is 12.4. The molecule has 1 saturated carbocycles. The molecule has 1 aromatic heterocycles. The second-order valence-electron chi connectivity index (χ2n) is 5.60. The Bertz CT molecular complexity index is 604. The first-order valence-electron chi connectivity index (χ1n) is 6.95. The maximum Gasteiger partial charge on any atom is 0.320 e. The van der Waals surface area contributed by atoms with E-state index in [1.165, 1.54) is 7.11 Å². The van der Waals surface area contributed by atoms with Crippen molar-refractivity contribution in [2.24, 2.45) is 11.8 Å². The van der Waals surface area contributed by atoms with Crippen LogP contribution in [0.25, 0.3) is 0 Å². The lowest BCUT2D eigenvalue weighted by molar-refractivity contribution is -0.149. The molecule has 110 valence electrons. The van der Waals surface area contributed by atoms with Gasteiger partial charge in [-0.25, -0.2) is 0 Å². The van der Waals surface area contributed by atoms with Crippen LogP contribution in [0.15, 0.2) is 12.3 Å². The number of hydrogen-bond acceptors (Lipinski definition) is 5. The number of rotatable bonds is 5. The molecule has 6 heteroatoms. The first-order valence-corrected chi connectivity index (χ1v) is 6.95. The van der Waals surface area contributed by atoms with Gasteiger partial charge in [-0.3, -0.25) is 9.48 Å². The van der Waals surface area contributed by atoms with E-state index in [-0.39, 0.29) is 12.0 Å². The minimum atomic E-state index is -1.28. The number of carbonyl (C=O) groups excluding carboxylic acids is 1. The van der Waals surface area contributed by atoms with Crippen LogP contribution in [0.2, 0.25) is 0 Å². The second kappa shape index (κ2) is 5.57. The van der Waals surface area contributed by atoms with Gasteiger partial charge in [-0.05, 0) is 38.7 Å². The molecule has 0 bridgehead atoms. The van der Waals surface area contributed by atoms with Crippen LogP contribution >= 0.6 is 0 Å². The Morgan fingerprint density at radius 1 is 1.48 bits per heavy atom. The zero-order chi connectivity index (χ0) is 15.6. The van der Waals surface area contributed by atoms with E-state index in [1.807, 2.05) is 26.0 Å². The average Bonchev–Trinajstić information content (AvgIpc) is 3.20. The molecule has 0 spiro atoms. The molecule has 1 unspecified atom stereocenters. The van der Waals surface area contributed by atoms with Gasteiger partial charge in [0.15, 0.2) is 5.92 Å². The van der Waals surface area contributed by atoms with E-state index in [0.29, 0.717) is 5.69 Å². The van der Waals surface area contributed by atoms with Crippen molar-refractivity contribution in [2.45, 2.75) is 38.1 Å². The molecule has 0 N–H and O–H groups in total. The SMILES string of the molecule is COC(=O)C(c1ccn(C(C)C)n1)(C(C#N)C#N)C1CC1. The predicted octanol–water partition coefficient (Wildman–Crippen LogP) is 1.95. The largest absolute Gasteiger partial charge is 0.468 e. The van der Waals surface area contributed by atoms with Gasteiger partial charge in [-0.1, -0.05) is 0 Å². The Balaban J connectivity index is 2.61. The molecule has 21 heavy (non-hydrogen) atoms. The van der Waals surface area contributed by atoms with E-state index in [4.69, 9.17) is 4.74 Å². The van der Waals surface area contributed by atoms with E-state index in [2.05, 4.69) is 5.10 Å². The van der Waals surface area contributed by atoms with Crippen LogP contribution in [0.3, 0.4) is 0 Å². The third-order valence-corrected chi connectivity index (χ3v) is 4.02. The van der Waals surface area contributed by atoms with Gasteiger partial charge in [0.1, 0.15) is 5.41 Å². The third-order valence-electron chi connectivity index (χ3n) is 4.02. The molecular weight excluding hydrogens is 268 g/mol. The Hall–Kier alpha value is -2.34. The Morgan fingerprint density at radius 3 is 2.48 bits per heavy atom. The number of nitrogens with zero attached hydrogens (tertiary/aromatic N) is 4. The lowest BCUT2D eigenvalue weighted by atomic mass is 9.70. The number of aromatic nitrogens is 2. The van der Waals surface area contributed by atoms with Gasteiger partial charge in [0, 0.05) is 12.2 Å². The van der Waals surface area contributed by atoms with Crippen molar-refractivity contribution in [2.75, 3.05) is 7.11 Å². The summed E-state index contributed by atoms with van der Waals surface area (Å²) in [7, 11) is 1.28. The molecule has 1 fully saturated rings. The van der Waals surface area contributed by atoms with Gasteiger partial charge in [0.2, 0.25) is 0 Å². The quantitative estimate of drug-likeness (QED) is 0.771. The van der Waals surface area contributed by atoms with Crippen molar-refractivity contribution < 1.29 is 9.53 Å². The van der Waals surface area contributed by atoms with E-state index >= 15 is 0 Å². The van der Waals surface area contributed by atoms with Crippen molar-refractivity contribution in [1.82, 2.24) is 9.78 Å². The van der Waals surface area contributed by atoms with Gasteiger partial charge in [-0.15, -0.1) is 0 Å². The first-order chi connectivity index (χ1) is 10.0. The zero-order valence-electron chi connectivity index (χ0n) is 12.4. The molecule has 0 aromatic carbocycles. The fraction of sp³-hybridized carbons (Fsp3) is 0.600. The lowest BCUT2D eigenvalue weighted by Crippen LogP contribution is -2.45. The Kier molecular flexibility index (Phi) is 3.99. The third kappa shape index (κ3) is 2.27. The molecule has 6 nitrogen and oxygen atoms in total. The van der Waals surface area contributed by atoms with E-state index in [9.17, 15) is 15.3 Å². The highest BCUT2D eigenvalue weighted by Gasteiger charge is 2.60. The maximum atomic E-state index is 12.5. The highest BCUT2D eigenvalue weighted by molar-refractivity contribution is 5.85. The summed E-state index contributed by atoms with van der Waals surface area (Å²) >= 11 is 0. The highest BCUT2D eigenvalue weighted by Crippen LogP contribution is 2.52.